The average Bonchev–Trinajstić information content (AvgIpc) is 2.83. The molecule has 2 heterocycles. The molecule has 2 unspecified atom stereocenters. The van der Waals surface area contributed by atoms with Gasteiger partial charge in [-0.1, -0.05) is 0 Å². The van der Waals surface area contributed by atoms with Gasteiger partial charge in [0.2, 0.25) is 0 Å². The molecule has 90 valence electrons. The molecule has 1 fully saturated rings. The minimum absolute atomic E-state index is 0.0385. The monoisotopic (exact) mass is 244 g/mol. The van der Waals surface area contributed by atoms with Crippen molar-refractivity contribution in [3.63, 3.8) is 0 Å². The summed E-state index contributed by atoms with van der Waals surface area (Å²) in [5.41, 5.74) is 2.70. The molecule has 0 bridgehead atoms. The molecular weight excluding hydrogens is 228 g/mol. The van der Waals surface area contributed by atoms with Gasteiger partial charge in [-0.05, 0) is 24.5 Å². The van der Waals surface area contributed by atoms with E-state index in [-0.39, 0.29) is 23.5 Å². The zero-order valence-corrected chi connectivity index (χ0v) is 9.74. The van der Waals surface area contributed by atoms with E-state index in [2.05, 4.69) is 5.43 Å². The number of nitrogens with one attached hydrogen (secondary N) is 1. The van der Waals surface area contributed by atoms with Gasteiger partial charge >= 0.3 is 0 Å². The molecule has 0 radical (unpaired) electrons. The van der Waals surface area contributed by atoms with E-state index in [4.69, 9.17) is 10.3 Å². The van der Waals surface area contributed by atoms with E-state index in [9.17, 15) is 8.42 Å². The van der Waals surface area contributed by atoms with Crippen molar-refractivity contribution in [2.45, 2.75) is 18.9 Å². The zero-order chi connectivity index (χ0) is 11.6. The minimum Gasteiger partial charge on any atom is -0.469 e. The predicted octanol–water partition coefficient (Wildman–Crippen LogP) is 0.0887. The summed E-state index contributed by atoms with van der Waals surface area (Å²) in [5, 5.41) is 0. The molecule has 1 aromatic rings. The van der Waals surface area contributed by atoms with Crippen molar-refractivity contribution in [1.82, 2.24) is 5.43 Å². The van der Waals surface area contributed by atoms with Crippen molar-refractivity contribution in [2.24, 2.45) is 11.8 Å². The van der Waals surface area contributed by atoms with Gasteiger partial charge in [0.15, 0.2) is 9.84 Å². The van der Waals surface area contributed by atoms with E-state index in [0.717, 1.165) is 5.76 Å². The lowest BCUT2D eigenvalue weighted by Gasteiger charge is -2.20. The van der Waals surface area contributed by atoms with Crippen LogP contribution in [0.5, 0.6) is 0 Å². The second-order valence-electron chi connectivity index (χ2n) is 4.22. The first-order chi connectivity index (χ1) is 7.61. The van der Waals surface area contributed by atoms with Crippen molar-refractivity contribution in [3.8, 4) is 0 Å². The van der Waals surface area contributed by atoms with Crippen molar-refractivity contribution in [2.75, 3.05) is 11.5 Å². The molecule has 1 saturated heterocycles. The molecule has 0 aliphatic carbocycles. The zero-order valence-electron chi connectivity index (χ0n) is 8.93. The summed E-state index contributed by atoms with van der Waals surface area (Å²) in [5.74, 6) is 6.88. The third-order valence-corrected chi connectivity index (χ3v) is 4.85. The Morgan fingerprint density at radius 3 is 2.94 bits per heavy atom. The molecule has 1 aromatic heterocycles. The number of hydrogen-bond donors (Lipinski definition) is 2. The van der Waals surface area contributed by atoms with E-state index in [1.807, 2.05) is 12.1 Å². The Balaban J connectivity index is 2.01. The third-order valence-electron chi connectivity index (χ3n) is 3.05. The van der Waals surface area contributed by atoms with E-state index in [1.54, 1.807) is 6.26 Å². The fourth-order valence-corrected chi connectivity index (χ4v) is 4.03. The predicted molar refractivity (Wildman–Crippen MR) is 60.3 cm³/mol. The third kappa shape index (κ3) is 2.63. The lowest BCUT2D eigenvalue weighted by molar-refractivity contribution is 0.358. The molecule has 3 N–H and O–H groups in total. The van der Waals surface area contributed by atoms with Crippen LogP contribution in [-0.4, -0.2) is 26.0 Å². The molecule has 0 amide bonds. The van der Waals surface area contributed by atoms with Gasteiger partial charge in [-0.3, -0.25) is 11.3 Å². The Hall–Kier alpha value is -0.850. The lowest BCUT2D eigenvalue weighted by Crippen LogP contribution is -2.42. The Morgan fingerprint density at radius 2 is 2.44 bits per heavy atom. The Kier molecular flexibility index (Phi) is 3.32. The lowest BCUT2D eigenvalue weighted by atomic mass is 9.96. The van der Waals surface area contributed by atoms with Gasteiger partial charge in [-0.15, -0.1) is 0 Å². The molecule has 2 atom stereocenters. The highest BCUT2D eigenvalue weighted by Crippen LogP contribution is 2.23. The second kappa shape index (κ2) is 4.57. The summed E-state index contributed by atoms with van der Waals surface area (Å²) < 4.78 is 28.0. The first-order valence-electron chi connectivity index (χ1n) is 5.29. The van der Waals surface area contributed by atoms with Crippen LogP contribution < -0.4 is 11.3 Å². The number of rotatable bonds is 4. The average molecular weight is 244 g/mol. The Labute approximate surface area is 94.9 Å². The quantitative estimate of drug-likeness (QED) is 0.579. The van der Waals surface area contributed by atoms with Gasteiger partial charge in [-0.2, -0.15) is 0 Å². The van der Waals surface area contributed by atoms with Crippen molar-refractivity contribution in [3.05, 3.63) is 24.2 Å². The van der Waals surface area contributed by atoms with Gasteiger partial charge in [0.25, 0.3) is 0 Å². The molecule has 0 aromatic carbocycles. The van der Waals surface area contributed by atoms with Gasteiger partial charge in [0.05, 0.1) is 17.8 Å². The van der Waals surface area contributed by atoms with Crippen molar-refractivity contribution >= 4 is 9.84 Å². The number of hydrazine groups is 1. The maximum absolute atomic E-state index is 11.4. The summed E-state index contributed by atoms with van der Waals surface area (Å²) in [6, 6.07) is 3.64. The molecule has 16 heavy (non-hydrogen) atoms. The first-order valence-corrected chi connectivity index (χ1v) is 7.12. The number of sulfone groups is 1. The summed E-state index contributed by atoms with van der Waals surface area (Å²) in [6.45, 7) is 0. The van der Waals surface area contributed by atoms with Crippen LogP contribution in [0.4, 0.5) is 0 Å². The topological polar surface area (TPSA) is 85.3 Å². The van der Waals surface area contributed by atoms with Gasteiger partial charge in [-0.25, -0.2) is 8.42 Å². The van der Waals surface area contributed by atoms with Gasteiger partial charge in [0, 0.05) is 12.5 Å². The van der Waals surface area contributed by atoms with Crippen LogP contribution in [0.1, 0.15) is 12.2 Å². The maximum Gasteiger partial charge on any atom is 0.150 e. The highest BCUT2D eigenvalue weighted by atomic mass is 32.2. The fraction of sp³-hybridized carbons (Fsp3) is 0.600. The molecule has 0 saturated carbocycles. The first kappa shape index (κ1) is 11.6. The van der Waals surface area contributed by atoms with Crippen LogP contribution >= 0.6 is 0 Å². The van der Waals surface area contributed by atoms with E-state index >= 15 is 0 Å². The standard InChI is InChI=1S/C10H16N2O3S/c11-12-10(6-9-2-1-4-15-9)8-3-5-16(13,14)7-8/h1-2,4,8,10,12H,3,5-7,11H2. The molecule has 0 spiro atoms. The van der Waals surface area contributed by atoms with E-state index < -0.39 is 9.84 Å². The smallest absolute Gasteiger partial charge is 0.150 e. The second-order valence-corrected chi connectivity index (χ2v) is 6.45. The molecule has 6 heteroatoms. The molecular formula is C10H16N2O3S. The molecule has 1 aliphatic heterocycles. The van der Waals surface area contributed by atoms with Crippen LogP contribution in [-0.2, 0) is 16.3 Å². The maximum atomic E-state index is 11.4. The van der Waals surface area contributed by atoms with Gasteiger partial charge < -0.3 is 4.42 Å². The molecule has 5 nitrogen and oxygen atoms in total. The summed E-state index contributed by atoms with van der Waals surface area (Å²) >= 11 is 0. The normalized spacial score (nSPS) is 25.7. The summed E-state index contributed by atoms with van der Waals surface area (Å²) in [6.07, 6.45) is 2.91. The largest absolute Gasteiger partial charge is 0.469 e. The highest BCUT2D eigenvalue weighted by Gasteiger charge is 2.33. The molecule has 1 aliphatic rings. The summed E-state index contributed by atoms with van der Waals surface area (Å²) in [7, 11) is -2.86. The van der Waals surface area contributed by atoms with Crippen LogP contribution in [0.2, 0.25) is 0 Å². The van der Waals surface area contributed by atoms with Crippen LogP contribution in [0.25, 0.3) is 0 Å². The summed E-state index contributed by atoms with van der Waals surface area (Å²) in [4.78, 5) is 0. The van der Waals surface area contributed by atoms with Crippen LogP contribution in [0.15, 0.2) is 22.8 Å². The number of hydrogen-bond acceptors (Lipinski definition) is 5. The SMILES string of the molecule is NNC(Cc1ccco1)C1CCS(=O)(=O)C1. The Morgan fingerprint density at radius 1 is 1.62 bits per heavy atom. The highest BCUT2D eigenvalue weighted by molar-refractivity contribution is 7.91. The van der Waals surface area contributed by atoms with E-state index in [1.165, 1.54) is 0 Å². The Bertz CT molecular complexity index is 427. The van der Waals surface area contributed by atoms with Gasteiger partial charge in [0.1, 0.15) is 5.76 Å². The number of furan rings is 1. The van der Waals surface area contributed by atoms with E-state index in [0.29, 0.717) is 12.8 Å². The van der Waals surface area contributed by atoms with Crippen LogP contribution in [0, 0.1) is 5.92 Å². The van der Waals surface area contributed by atoms with Crippen LogP contribution in [0.3, 0.4) is 0 Å². The van der Waals surface area contributed by atoms with Crippen molar-refractivity contribution < 1.29 is 12.8 Å². The minimum atomic E-state index is -2.86. The van der Waals surface area contributed by atoms with Crippen molar-refractivity contribution in [1.29, 1.82) is 0 Å². The number of nitrogens with two attached hydrogens (primary N) is 1. The fourth-order valence-electron chi connectivity index (χ4n) is 2.15. The molecule has 2 rings (SSSR count).